The number of phenols is 2. The molecule has 4 aliphatic rings. The van der Waals surface area contributed by atoms with Gasteiger partial charge in [0.25, 0.3) is 0 Å². The second-order valence-electron chi connectivity index (χ2n) is 12.0. The lowest BCUT2D eigenvalue weighted by molar-refractivity contribution is -0.141. The second-order valence-corrected chi connectivity index (χ2v) is 12.0. The van der Waals surface area contributed by atoms with Gasteiger partial charge in [-0.3, -0.25) is 19.2 Å². The zero-order valence-corrected chi connectivity index (χ0v) is 24.5. The fraction of sp³-hybridized carbons (Fsp3) is 0.364. The van der Waals surface area contributed by atoms with Gasteiger partial charge in [0.15, 0.2) is 11.6 Å². The molecule has 3 N–H and O–H groups in total. The molecule has 0 unspecified atom stereocenters. The summed E-state index contributed by atoms with van der Waals surface area (Å²) >= 11 is 0. The molecule has 3 aliphatic carbocycles. The van der Waals surface area contributed by atoms with E-state index in [1.54, 1.807) is 13.8 Å². The third-order valence-corrected chi connectivity index (χ3v) is 9.93. The number of anilines is 1. The number of hydrogen-bond donors (Lipinski definition) is 3. The first-order valence-electron chi connectivity index (χ1n) is 14.2. The summed E-state index contributed by atoms with van der Waals surface area (Å²) in [7, 11) is 2.84. The maximum Gasteiger partial charge on any atom is 0.339 e. The number of carbonyl (C=O) groups excluding carboxylic acids is 4. The van der Waals surface area contributed by atoms with Crippen LogP contribution in [0.2, 0.25) is 0 Å². The predicted molar refractivity (Wildman–Crippen MR) is 155 cm³/mol. The number of phenolic OH excluding ortho intramolecular Hbond substituents is 1. The molecule has 228 valence electrons. The Bertz CT molecular complexity index is 1710. The standard InChI is InChI=1S/C33H31NO10/c1-14-9-23(37)21-13-20-17(28(33(21,2)29(14)38)27-24(43-3)11-16(35)12-25(27)44-4)7-8-19-26(20)31(40)34(30(19)39)15-5-6-18(32(41)42)22(36)10-15/h5-7,9-12,19-21,26,28,35-36H,8,13H2,1-4H3,(H,41,42)/t19-,20+,21-,26-,28+,33+/m0/s1. The Balaban J connectivity index is 1.52. The van der Waals surface area contributed by atoms with Crippen molar-refractivity contribution in [2.75, 3.05) is 19.1 Å². The first-order valence-corrected chi connectivity index (χ1v) is 14.2. The van der Waals surface area contributed by atoms with Crippen LogP contribution in [0, 0.1) is 29.1 Å². The number of nitrogens with zero attached hydrogens (tertiary/aromatic N) is 1. The van der Waals surface area contributed by atoms with Gasteiger partial charge in [0.1, 0.15) is 28.6 Å². The van der Waals surface area contributed by atoms with E-state index in [1.807, 2.05) is 6.08 Å². The number of rotatable bonds is 5. The van der Waals surface area contributed by atoms with Gasteiger partial charge in [-0.1, -0.05) is 18.6 Å². The molecule has 11 heteroatoms. The molecule has 0 bridgehead atoms. The number of allylic oxidation sites excluding steroid dienone is 4. The normalized spacial score (nSPS) is 29.4. The lowest BCUT2D eigenvalue weighted by Gasteiger charge is -2.54. The van der Waals surface area contributed by atoms with E-state index in [2.05, 4.69) is 0 Å². The molecule has 0 aromatic heterocycles. The third-order valence-electron chi connectivity index (χ3n) is 9.93. The van der Waals surface area contributed by atoms with Crippen LogP contribution in [-0.4, -0.2) is 58.9 Å². The number of carboxylic acid groups (broad SMARTS) is 1. The smallest absolute Gasteiger partial charge is 0.339 e. The molecule has 2 fully saturated rings. The molecule has 44 heavy (non-hydrogen) atoms. The number of fused-ring (bicyclic) bond motifs is 4. The summed E-state index contributed by atoms with van der Waals surface area (Å²) < 4.78 is 11.4. The van der Waals surface area contributed by atoms with Gasteiger partial charge in [-0.15, -0.1) is 0 Å². The van der Waals surface area contributed by atoms with E-state index in [0.29, 0.717) is 16.7 Å². The molecule has 0 radical (unpaired) electrons. The molecular weight excluding hydrogens is 570 g/mol. The second kappa shape index (κ2) is 10.1. The van der Waals surface area contributed by atoms with Gasteiger partial charge in [0.05, 0.1) is 37.2 Å². The van der Waals surface area contributed by atoms with Crippen molar-refractivity contribution in [2.45, 2.75) is 32.6 Å². The molecule has 1 saturated carbocycles. The number of amides is 2. The summed E-state index contributed by atoms with van der Waals surface area (Å²) in [6.07, 6.45) is 3.53. The Morgan fingerprint density at radius 1 is 0.977 bits per heavy atom. The number of carbonyl (C=O) groups is 5. The van der Waals surface area contributed by atoms with Gasteiger partial charge >= 0.3 is 5.97 Å². The van der Waals surface area contributed by atoms with Crippen molar-refractivity contribution in [3.8, 4) is 23.0 Å². The van der Waals surface area contributed by atoms with Crippen molar-refractivity contribution >= 4 is 35.0 Å². The minimum atomic E-state index is -1.36. The maximum absolute atomic E-state index is 14.1. The molecule has 0 spiro atoms. The van der Waals surface area contributed by atoms with Crippen LogP contribution in [-0.2, 0) is 19.2 Å². The van der Waals surface area contributed by atoms with Gasteiger partial charge in [0, 0.05) is 35.6 Å². The molecule has 6 atom stereocenters. The number of aromatic carboxylic acids is 1. The summed E-state index contributed by atoms with van der Waals surface area (Å²) in [5, 5.41) is 30.0. The van der Waals surface area contributed by atoms with Crippen molar-refractivity contribution in [1.29, 1.82) is 0 Å². The third kappa shape index (κ3) is 3.91. The first-order chi connectivity index (χ1) is 20.8. The Morgan fingerprint density at radius 3 is 2.23 bits per heavy atom. The highest BCUT2D eigenvalue weighted by molar-refractivity contribution is 6.23. The van der Waals surface area contributed by atoms with E-state index >= 15 is 0 Å². The average molecular weight is 602 g/mol. The highest BCUT2D eigenvalue weighted by atomic mass is 16.5. The van der Waals surface area contributed by atoms with Crippen LogP contribution in [0.4, 0.5) is 5.69 Å². The minimum absolute atomic E-state index is 0.0417. The molecule has 1 heterocycles. The molecule has 1 saturated heterocycles. The van der Waals surface area contributed by atoms with Crippen LogP contribution in [0.3, 0.4) is 0 Å². The Kier molecular flexibility index (Phi) is 6.67. The number of ketones is 2. The lowest BCUT2D eigenvalue weighted by atomic mass is 9.47. The summed E-state index contributed by atoms with van der Waals surface area (Å²) in [5.41, 5.74) is -0.147. The molecule has 1 aliphatic heterocycles. The number of Topliss-reactive ketones (excluding diaryl/α,β-unsaturated/α-hetero) is 1. The number of ether oxygens (including phenoxy) is 2. The molecule has 2 amide bonds. The average Bonchev–Trinajstić information content (AvgIpc) is 3.24. The van der Waals surface area contributed by atoms with E-state index < -0.39 is 58.5 Å². The number of imide groups is 1. The summed E-state index contributed by atoms with van der Waals surface area (Å²) in [6.45, 7) is 3.35. The fourth-order valence-electron chi connectivity index (χ4n) is 8.01. The highest BCUT2D eigenvalue weighted by Gasteiger charge is 2.64. The van der Waals surface area contributed by atoms with Crippen LogP contribution in [0.25, 0.3) is 0 Å². The van der Waals surface area contributed by atoms with Crippen LogP contribution in [0.5, 0.6) is 23.0 Å². The molecule has 6 rings (SSSR count). The van der Waals surface area contributed by atoms with Crippen LogP contribution >= 0.6 is 0 Å². The first kappa shape index (κ1) is 29.2. The number of aromatic hydroxyl groups is 2. The zero-order valence-electron chi connectivity index (χ0n) is 24.5. The van der Waals surface area contributed by atoms with E-state index in [9.17, 15) is 39.3 Å². The highest BCUT2D eigenvalue weighted by Crippen LogP contribution is 2.64. The van der Waals surface area contributed by atoms with Gasteiger partial charge in [-0.05, 0) is 49.5 Å². The number of methoxy groups -OCH3 is 2. The quantitative estimate of drug-likeness (QED) is 0.339. The van der Waals surface area contributed by atoms with E-state index in [-0.39, 0.29) is 52.9 Å². The summed E-state index contributed by atoms with van der Waals surface area (Å²) in [4.78, 5) is 68.0. The summed E-state index contributed by atoms with van der Waals surface area (Å²) in [6, 6.07) is 6.32. The molecule has 2 aromatic rings. The molecule has 2 aromatic carbocycles. The van der Waals surface area contributed by atoms with Crippen molar-refractivity contribution in [3.05, 3.63) is 64.8 Å². The van der Waals surface area contributed by atoms with Crippen LogP contribution in [0.1, 0.15) is 48.5 Å². The Hall–Kier alpha value is -4.93. The van der Waals surface area contributed by atoms with Crippen molar-refractivity contribution in [1.82, 2.24) is 0 Å². The number of carboxylic acids is 1. The number of hydrogen-bond acceptors (Lipinski definition) is 9. The van der Waals surface area contributed by atoms with Gasteiger partial charge in [-0.2, -0.15) is 0 Å². The Labute approximate surface area is 252 Å². The van der Waals surface area contributed by atoms with Crippen molar-refractivity contribution in [3.63, 3.8) is 0 Å². The van der Waals surface area contributed by atoms with E-state index in [1.165, 1.54) is 38.5 Å². The van der Waals surface area contributed by atoms with Gasteiger partial charge in [0.2, 0.25) is 11.8 Å². The molecule has 11 nitrogen and oxygen atoms in total. The van der Waals surface area contributed by atoms with Crippen LogP contribution in [0.15, 0.2) is 53.6 Å². The summed E-state index contributed by atoms with van der Waals surface area (Å²) in [5.74, 6) is -6.98. The SMILES string of the molecule is COc1cc(O)cc(OC)c1[C@H]1C2=CC[C@@H]3C(=O)N(c4ccc(C(=O)O)c(O)c4)C(=O)[C@@H]3[C@@H]2C[C@H]2C(=O)C=C(C)C(=O)[C@@]12C. The van der Waals surface area contributed by atoms with Crippen molar-refractivity contribution < 1.29 is 48.8 Å². The topological polar surface area (TPSA) is 168 Å². The van der Waals surface area contributed by atoms with Crippen LogP contribution < -0.4 is 14.4 Å². The Morgan fingerprint density at radius 2 is 1.64 bits per heavy atom. The fourth-order valence-corrected chi connectivity index (χ4v) is 8.01. The largest absolute Gasteiger partial charge is 0.508 e. The lowest BCUT2D eigenvalue weighted by Crippen LogP contribution is -2.54. The molecular formula is C33H31NO10. The predicted octanol–water partition coefficient (Wildman–Crippen LogP) is 3.77. The van der Waals surface area contributed by atoms with Gasteiger partial charge < -0.3 is 24.8 Å². The van der Waals surface area contributed by atoms with E-state index in [0.717, 1.165) is 17.0 Å². The maximum atomic E-state index is 14.1. The van der Waals surface area contributed by atoms with E-state index in [4.69, 9.17) is 9.47 Å². The minimum Gasteiger partial charge on any atom is -0.508 e. The number of benzene rings is 2. The van der Waals surface area contributed by atoms with Gasteiger partial charge in [-0.25, -0.2) is 9.69 Å². The van der Waals surface area contributed by atoms with Crippen molar-refractivity contribution in [2.24, 2.45) is 29.1 Å². The monoisotopic (exact) mass is 601 g/mol. The zero-order chi connectivity index (χ0) is 31.8.